The van der Waals surface area contributed by atoms with Crippen LogP contribution in [0.1, 0.15) is 176 Å². The Morgan fingerprint density at radius 2 is 0.806 bits per heavy atom. The highest BCUT2D eigenvalue weighted by Crippen LogP contribution is 2.17. The lowest BCUT2D eigenvalue weighted by molar-refractivity contribution is -0.189. The first kappa shape index (κ1) is 34.9. The van der Waals surface area contributed by atoms with Crippen LogP contribution < -0.4 is 0 Å². The van der Waals surface area contributed by atoms with Crippen LogP contribution in [0.15, 0.2) is 0 Å². The largest absolute Gasteiger partial charge is 0.425 e. The highest BCUT2D eigenvalue weighted by atomic mass is 16.7. The van der Waals surface area contributed by atoms with E-state index >= 15 is 0 Å². The molecule has 0 aliphatic heterocycles. The molecule has 0 fully saturated rings. The maximum Gasteiger partial charge on any atom is 0.308 e. The summed E-state index contributed by atoms with van der Waals surface area (Å²) in [6.07, 6.45) is 23.0. The molecule has 0 aromatic carbocycles. The third-order valence-corrected chi connectivity index (χ3v) is 6.89. The molecule has 0 heterocycles. The van der Waals surface area contributed by atoms with Crippen LogP contribution in [0, 0.1) is 11.8 Å². The lowest BCUT2D eigenvalue weighted by atomic mass is 10.0. The lowest BCUT2D eigenvalue weighted by Gasteiger charge is -2.18. The van der Waals surface area contributed by atoms with Crippen LogP contribution in [0.5, 0.6) is 0 Å². The molecule has 0 aromatic rings. The Labute approximate surface area is 225 Å². The van der Waals surface area contributed by atoms with Gasteiger partial charge in [-0.3, -0.25) is 9.59 Å². The van der Waals surface area contributed by atoms with Crippen LogP contribution in [-0.2, 0) is 19.1 Å². The van der Waals surface area contributed by atoms with E-state index in [9.17, 15) is 9.59 Å². The fourth-order valence-corrected chi connectivity index (χ4v) is 4.53. The smallest absolute Gasteiger partial charge is 0.308 e. The van der Waals surface area contributed by atoms with Crippen molar-refractivity contribution in [3.8, 4) is 0 Å². The van der Waals surface area contributed by atoms with Crippen LogP contribution in [0.25, 0.3) is 0 Å². The van der Waals surface area contributed by atoms with Gasteiger partial charge in [0.25, 0.3) is 0 Å². The second-order valence-electron chi connectivity index (χ2n) is 11.7. The summed E-state index contributed by atoms with van der Waals surface area (Å²) in [4.78, 5) is 24.8. The maximum atomic E-state index is 12.4. The van der Waals surface area contributed by atoms with Gasteiger partial charge in [0.05, 0.1) is 0 Å². The second kappa shape index (κ2) is 25.6. The minimum Gasteiger partial charge on any atom is -0.425 e. The molecule has 0 spiro atoms. The molecule has 36 heavy (non-hydrogen) atoms. The number of ether oxygens (including phenoxy) is 2. The first-order valence-electron chi connectivity index (χ1n) is 15.7. The number of esters is 2. The van der Waals surface area contributed by atoms with E-state index in [2.05, 4.69) is 34.6 Å². The van der Waals surface area contributed by atoms with Gasteiger partial charge in [-0.25, -0.2) is 0 Å². The Bertz CT molecular complexity index is 466. The highest BCUT2D eigenvalue weighted by molar-refractivity contribution is 5.71. The fourth-order valence-electron chi connectivity index (χ4n) is 4.53. The minimum absolute atomic E-state index is 0.221. The van der Waals surface area contributed by atoms with Crippen molar-refractivity contribution in [2.45, 2.75) is 182 Å². The van der Waals surface area contributed by atoms with Gasteiger partial charge in [0.1, 0.15) is 0 Å². The SMILES string of the molecule is CCCCCCCCCCCC(OC(=O)CCCCCCC(C)C)OC(=O)CCCCCCC(C)C. The summed E-state index contributed by atoms with van der Waals surface area (Å²) in [6.45, 7) is 11.2. The first-order valence-corrected chi connectivity index (χ1v) is 15.7. The van der Waals surface area contributed by atoms with Gasteiger partial charge < -0.3 is 9.47 Å². The number of hydrogen-bond donors (Lipinski definition) is 0. The van der Waals surface area contributed by atoms with E-state index in [1.807, 2.05) is 0 Å². The van der Waals surface area contributed by atoms with Crippen LogP contribution in [0.3, 0.4) is 0 Å². The normalized spacial score (nSPS) is 11.6. The Kier molecular flexibility index (Phi) is 24.8. The Morgan fingerprint density at radius 1 is 0.472 bits per heavy atom. The van der Waals surface area contributed by atoms with Crippen molar-refractivity contribution in [3.63, 3.8) is 0 Å². The number of rotatable bonds is 26. The van der Waals surface area contributed by atoms with E-state index in [-0.39, 0.29) is 11.9 Å². The number of carbonyl (C=O) groups excluding carboxylic acids is 2. The molecule has 0 bridgehead atoms. The van der Waals surface area contributed by atoms with Crippen molar-refractivity contribution >= 4 is 11.9 Å². The van der Waals surface area contributed by atoms with Crippen molar-refractivity contribution in [1.82, 2.24) is 0 Å². The molecule has 4 nitrogen and oxygen atoms in total. The van der Waals surface area contributed by atoms with Gasteiger partial charge in [-0.15, -0.1) is 0 Å². The van der Waals surface area contributed by atoms with Crippen molar-refractivity contribution in [2.75, 3.05) is 0 Å². The van der Waals surface area contributed by atoms with Crippen LogP contribution in [-0.4, -0.2) is 18.2 Å². The lowest BCUT2D eigenvalue weighted by Crippen LogP contribution is -2.24. The summed E-state index contributed by atoms with van der Waals surface area (Å²) >= 11 is 0. The first-order chi connectivity index (χ1) is 17.3. The molecule has 0 amide bonds. The maximum absolute atomic E-state index is 12.4. The van der Waals surface area contributed by atoms with Gasteiger partial charge in [0.15, 0.2) is 0 Å². The fraction of sp³-hybridized carbons (Fsp3) is 0.938. The molecule has 0 saturated carbocycles. The molecule has 0 radical (unpaired) electrons. The minimum atomic E-state index is -0.712. The molecule has 0 N–H and O–H groups in total. The molecule has 0 aliphatic rings. The number of unbranched alkanes of at least 4 members (excludes halogenated alkanes) is 14. The van der Waals surface area contributed by atoms with Crippen molar-refractivity contribution in [3.05, 3.63) is 0 Å². The van der Waals surface area contributed by atoms with Gasteiger partial charge in [0, 0.05) is 19.3 Å². The van der Waals surface area contributed by atoms with E-state index in [1.54, 1.807) is 0 Å². The number of hydrogen-bond acceptors (Lipinski definition) is 4. The standard InChI is InChI=1S/C32H62O4/c1-6-7-8-9-10-11-12-13-22-27-32(35-30(33)25-20-16-14-18-23-28(2)3)36-31(34)26-21-17-15-19-24-29(4)5/h28-29,32H,6-27H2,1-5H3. The second-order valence-corrected chi connectivity index (χ2v) is 11.7. The van der Waals surface area contributed by atoms with E-state index in [1.165, 1.54) is 83.5 Å². The predicted octanol–water partition coefficient (Wildman–Crippen LogP) is 10.3. The zero-order chi connectivity index (χ0) is 26.9. The van der Waals surface area contributed by atoms with Crippen molar-refractivity contribution < 1.29 is 19.1 Å². The zero-order valence-corrected chi connectivity index (χ0v) is 24.9. The van der Waals surface area contributed by atoms with E-state index in [4.69, 9.17) is 9.47 Å². The molecule has 0 rings (SSSR count). The molecule has 4 heteroatoms. The monoisotopic (exact) mass is 510 g/mol. The van der Waals surface area contributed by atoms with E-state index in [0.717, 1.165) is 50.4 Å². The van der Waals surface area contributed by atoms with Gasteiger partial charge in [0.2, 0.25) is 6.29 Å². The third-order valence-electron chi connectivity index (χ3n) is 6.89. The summed E-state index contributed by atoms with van der Waals surface area (Å²) in [5.74, 6) is 1.04. The van der Waals surface area contributed by atoms with Crippen LogP contribution >= 0.6 is 0 Å². The summed E-state index contributed by atoms with van der Waals surface area (Å²) in [5.41, 5.74) is 0. The molecular weight excluding hydrogens is 448 g/mol. The third kappa shape index (κ3) is 26.0. The average molecular weight is 511 g/mol. The predicted molar refractivity (Wildman–Crippen MR) is 153 cm³/mol. The van der Waals surface area contributed by atoms with Gasteiger partial charge in [-0.2, -0.15) is 0 Å². The molecular formula is C32H62O4. The average Bonchev–Trinajstić information content (AvgIpc) is 2.82. The number of carbonyl (C=O) groups is 2. The summed E-state index contributed by atoms with van der Waals surface area (Å²) < 4.78 is 11.3. The summed E-state index contributed by atoms with van der Waals surface area (Å²) in [7, 11) is 0. The van der Waals surface area contributed by atoms with Crippen LogP contribution in [0.2, 0.25) is 0 Å². The Morgan fingerprint density at radius 3 is 1.19 bits per heavy atom. The molecule has 0 saturated heterocycles. The molecule has 0 unspecified atom stereocenters. The van der Waals surface area contributed by atoms with Crippen molar-refractivity contribution in [1.29, 1.82) is 0 Å². The quantitative estimate of drug-likeness (QED) is 0.0659. The Hall–Kier alpha value is -1.06. The highest BCUT2D eigenvalue weighted by Gasteiger charge is 2.18. The van der Waals surface area contributed by atoms with E-state index in [0.29, 0.717) is 19.3 Å². The molecule has 0 aliphatic carbocycles. The van der Waals surface area contributed by atoms with E-state index < -0.39 is 6.29 Å². The molecule has 0 atom stereocenters. The van der Waals surface area contributed by atoms with Crippen molar-refractivity contribution in [2.24, 2.45) is 11.8 Å². The van der Waals surface area contributed by atoms with Gasteiger partial charge in [-0.1, -0.05) is 137 Å². The topological polar surface area (TPSA) is 52.6 Å². The zero-order valence-electron chi connectivity index (χ0n) is 24.9. The summed E-state index contributed by atoms with van der Waals surface area (Å²) in [6, 6.07) is 0. The summed E-state index contributed by atoms with van der Waals surface area (Å²) in [5, 5.41) is 0. The Balaban J connectivity index is 4.26. The van der Waals surface area contributed by atoms with Crippen LogP contribution in [0.4, 0.5) is 0 Å². The van der Waals surface area contributed by atoms with Gasteiger partial charge >= 0.3 is 11.9 Å². The molecule has 214 valence electrons. The van der Waals surface area contributed by atoms with Gasteiger partial charge in [-0.05, 0) is 31.1 Å². The molecule has 0 aromatic heterocycles.